The molecule has 0 saturated heterocycles. The minimum atomic E-state index is -5.57. The Morgan fingerprint density at radius 3 is 1.66 bits per heavy atom. The van der Waals surface area contributed by atoms with Crippen LogP contribution in [0, 0.1) is 0 Å². The molecule has 0 amide bonds. The Bertz CT molecular complexity index is 2920. The van der Waals surface area contributed by atoms with E-state index in [2.05, 4.69) is 43.4 Å². The molecule has 0 atom stereocenters. The second-order valence-electron chi connectivity index (χ2n) is 10.9. The Hall–Kier alpha value is 0.950. The second kappa shape index (κ2) is 29.5. The molecule has 4 rings (SSSR count). The van der Waals surface area contributed by atoms with E-state index in [0.29, 0.717) is 24.3 Å². The van der Waals surface area contributed by atoms with Crippen LogP contribution < -0.4 is 170 Å². The van der Waals surface area contributed by atoms with Crippen molar-refractivity contribution in [3.8, 4) is 0 Å². The van der Waals surface area contributed by atoms with Crippen molar-refractivity contribution in [2.75, 3.05) is 36.2 Å². The molecular weight excluding hydrogens is 1070 g/mol. The molecule has 0 aliphatic heterocycles. The van der Waals surface area contributed by atoms with Gasteiger partial charge in [-0.25, -0.2) is 42.1 Å². The quantitative estimate of drug-likeness (QED) is 0.00900. The Morgan fingerprint density at radius 2 is 1.09 bits per heavy atom. The van der Waals surface area contributed by atoms with Gasteiger partial charge in [0.15, 0.2) is 32.0 Å². The average Bonchev–Trinajstić information content (AvgIpc) is 3.15. The molecule has 0 aliphatic rings. The first-order valence-electron chi connectivity index (χ1n) is 15.0. The van der Waals surface area contributed by atoms with Crippen molar-refractivity contribution in [3.05, 3.63) is 54.6 Å². The molecule has 0 fully saturated rings. The summed E-state index contributed by atoms with van der Waals surface area (Å²) in [6.07, 6.45) is 0. The number of sulfone groups is 2. The van der Waals surface area contributed by atoms with E-state index >= 15 is 0 Å². The van der Waals surface area contributed by atoms with Crippen LogP contribution in [0.1, 0.15) is 0 Å². The molecule has 0 heterocycles. The molecule has 4 aromatic rings. The summed E-state index contributed by atoms with van der Waals surface area (Å²) in [5, 5.41) is 42.4. The van der Waals surface area contributed by atoms with E-state index in [1.807, 2.05) is 0 Å². The summed E-state index contributed by atoms with van der Waals surface area (Å²) in [5.41, 5.74) is 7.98. The van der Waals surface area contributed by atoms with E-state index in [9.17, 15) is 66.3 Å². The maximum Gasteiger partial charge on any atom is 1.00 e. The molecule has 0 radical (unpaired) electrons. The summed E-state index contributed by atoms with van der Waals surface area (Å²) in [6.45, 7) is -1.58. The van der Waals surface area contributed by atoms with Crippen molar-refractivity contribution < 1.29 is 241 Å². The smallest absolute Gasteiger partial charge is 0.744 e. The van der Waals surface area contributed by atoms with Crippen molar-refractivity contribution in [3.63, 3.8) is 0 Å². The molecule has 65 heavy (non-hydrogen) atoms. The van der Waals surface area contributed by atoms with Crippen LogP contribution in [0.5, 0.6) is 0 Å². The van der Waals surface area contributed by atoms with Gasteiger partial charge in [0.25, 0.3) is 0 Å². The Kier molecular flexibility index (Phi) is 30.8. The first-order chi connectivity index (χ1) is 27.9. The number of nitrogen functional groups attached to an aromatic ring is 2. The van der Waals surface area contributed by atoms with E-state index in [0.717, 1.165) is 6.07 Å². The van der Waals surface area contributed by atoms with Gasteiger partial charge in [0.05, 0.1) is 72.6 Å². The van der Waals surface area contributed by atoms with Crippen molar-refractivity contribution in [2.45, 2.75) is 24.5 Å². The standard InChI is InChI=1S/C26H26N6O21S7.5Na/c27-23-20(31-29-18-6-3-16(12-21(18)58(39,40)41)57(37,38)10-8-49-60(45,46)47)13-22(59(42,43)44)24(28)25(23)32-30-19-5-1-14-11-15(2-4-17(14)26(19)54-52-50-33)56(35,36)9-7-48-55-53-51-34;;;;;/h1-6,11-13,33-34H,7-10,27-28H2,(H,39,40,41)(H,42,43,44)(H,45,46,47);;;;;/q;5*+1/p-5. The van der Waals surface area contributed by atoms with E-state index in [1.54, 1.807) is 0 Å². The Balaban J connectivity index is 0. The predicted molar refractivity (Wildman–Crippen MR) is 193 cm³/mol. The van der Waals surface area contributed by atoms with Crippen LogP contribution >= 0.6 is 24.4 Å². The number of hydrogen-bond acceptors (Lipinski definition) is 29. The number of nitrogens with two attached hydrogens (primary N) is 2. The van der Waals surface area contributed by atoms with Gasteiger partial charge in [-0.2, -0.15) is 4.33 Å². The summed E-state index contributed by atoms with van der Waals surface area (Å²) in [4.78, 5) is -3.62. The molecule has 0 aliphatic carbocycles. The number of rotatable bonds is 21. The maximum atomic E-state index is 12.8. The van der Waals surface area contributed by atoms with Crippen LogP contribution in [-0.2, 0) is 77.4 Å². The first-order valence-corrected chi connectivity index (χ1v) is 23.9. The first kappa shape index (κ1) is 68.0. The zero-order chi connectivity index (χ0) is 44.7. The summed E-state index contributed by atoms with van der Waals surface area (Å²) in [6, 6.07) is 8.44. The van der Waals surface area contributed by atoms with Crippen molar-refractivity contribution >= 4 is 120 Å². The molecule has 0 spiro atoms. The van der Waals surface area contributed by atoms with Crippen LogP contribution in [0.25, 0.3) is 10.8 Å². The van der Waals surface area contributed by atoms with Gasteiger partial charge < -0.3 is 35.6 Å². The number of fused-ring (bicyclic) bond motifs is 1. The van der Waals surface area contributed by atoms with Gasteiger partial charge in [0, 0.05) is 5.39 Å². The fourth-order valence-corrected chi connectivity index (χ4v) is 9.45. The van der Waals surface area contributed by atoms with Gasteiger partial charge >= 0.3 is 148 Å². The summed E-state index contributed by atoms with van der Waals surface area (Å²) >= 11 is 0.376. The Labute approximate surface area is 489 Å². The summed E-state index contributed by atoms with van der Waals surface area (Å²) in [7, 11) is -24.9. The summed E-state index contributed by atoms with van der Waals surface area (Å²) in [5.74, 6) is -1.72. The molecule has 0 bridgehead atoms. The molecule has 0 unspecified atom stereocenters. The minimum Gasteiger partial charge on any atom is -0.744 e. The molecule has 0 aromatic heterocycles. The van der Waals surface area contributed by atoms with Crippen molar-refractivity contribution in [1.82, 2.24) is 0 Å². The third-order valence-corrected chi connectivity index (χ3v) is 13.9. The molecule has 0 saturated carbocycles. The monoisotopic (exact) mass is 1090 g/mol. The molecular formula is C26H21N6Na5O21S7. The van der Waals surface area contributed by atoms with Gasteiger partial charge in [0.1, 0.15) is 43.0 Å². The summed E-state index contributed by atoms with van der Waals surface area (Å²) < 4.78 is 173. The van der Waals surface area contributed by atoms with Crippen LogP contribution in [-0.4, -0.2) is 80.5 Å². The normalized spacial score (nSPS) is 12.2. The molecule has 39 heteroatoms. The number of anilines is 2. The average molecular weight is 1090 g/mol. The van der Waals surface area contributed by atoms with E-state index in [4.69, 9.17) is 15.7 Å². The molecule has 27 nitrogen and oxygen atoms in total. The van der Waals surface area contributed by atoms with Gasteiger partial charge in [-0.1, -0.05) is 12.1 Å². The van der Waals surface area contributed by atoms with Crippen molar-refractivity contribution in [1.29, 1.82) is 0 Å². The zero-order valence-electron chi connectivity index (χ0n) is 33.9. The van der Waals surface area contributed by atoms with Gasteiger partial charge in [-0.15, -0.1) is 24.8 Å². The number of nitrogens with zero attached hydrogens (tertiary/aromatic N) is 4. The topological polar surface area (TPSA) is 443 Å². The van der Waals surface area contributed by atoms with E-state index in [1.165, 1.54) is 24.3 Å². The third kappa shape index (κ3) is 19.8. The van der Waals surface area contributed by atoms with Crippen LogP contribution in [0.2, 0.25) is 0 Å². The largest absolute Gasteiger partial charge is 1.00 e. The third-order valence-electron chi connectivity index (χ3n) is 7.22. The number of azo groups is 2. The van der Waals surface area contributed by atoms with E-state index in [-0.39, 0.29) is 198 Å². The second-order valence-corrected chi connectivity index (χ2v) is 20.1. The fourth-order valence-electron chi connectivity index (χ4n) is 4.61. The maximum absolute atomic E-state index is 12.8. The zero-order valence-corrected chi connectivity index (χ0v) is 49.6. The SMILES string of the molecule is Nc1c(N=Nc2ccc(S(=O)(=O)CCOS(=O)(=O)[O-])cc2S(=O)(=O)[O-])cc(S(=O)(=O)[O-])c(N)c1N=Nc1ccc2cc(S(=O)(=O)CCOSOO[O-])ccc2c1SOO[O-].[Na+].[Na+].[Na+].[Na+].[Na+]. The predicted octanol–water partition coefficient (Wildman–Crippen LogP) is -14.3. The van der Waals surface area contributed by atoms with Gasteiger partial charge in [0.2, 0.25) is 10.4 Å². The van der Waals surface area contributed by atoms with Crippen LogP contribution in [0.3, 0.4) is 0 Å². The molecule has 4 N–H and O–H groups in total. The van der Waals surface area contributed by atoms with Crippen LogP contribution in [0.4, 0.5) is 34.1 Å². The molecule has 4 aromatic carbocycles. The van der Waals surface area contributed by atoms with Crippen molar-refractivity contribution in [2.24, 2.45) is 20.5 Å². The Morgan fingerprint density at radius 1 is 0.569 bits per heavy atom. The van der Waals surface area contributed by atoms with Gasteiger partial charge in [-0.3, -0.25) is 18.4 Å². The number of hydrogen-bond donors (Lipinski definition) is 2. The van der Waals surface area contributed by atoms with Crippen LogP contribution in [0.15, 0.2) is 99.5 Å². The van der Waals surface area contributed by atoms with Gasteiger partial charge in [-0.05, 0) is 47.9 Å². The fraction of sp³-hybridized carbons (Fsp3) is 0.154. The minimum absolute atomic E-state index is 0. The number of benzene rings is 4. The molecule has 328 valence electrons. The van der Waals surface area contributed by atoms with E-state index < -0.39 is 118 Å².